The van der Waals surface area contributed by atoms with Gasteiger partial charge in [0.25, 0.3) is 6.71 Å². The summed E-state index contributed by atoms with van der Waals surface area (Å²) in [6, 6.07) is 52.0. The van der Waals surface area contributed by atoms with Gasteiger partial charge in [0, 0.05) is 45.2 Å². The van der Waals surface area contributed by atoms with Gasteiger partial charge in [-0.05, 0) is 194 Å². The molecule has 3 heterocycles. The number of benzene rings is 7. The van der Waals surface area contributed by atoms with Crippen LogP contribution in [0.4, 0.5) is 51.2 Å². The van der Waals surface area contributed by atoms with Crippen molar-refractivity contribution in [2.24, 2.45) is 0 Å². The molecule has 0 atom stereocenters. The van der Waals surface area contributed by atoms with Crippen LogP contribution in [-0.4, -0.2) is 6.71 Å². The molecule has 4 aliphatic rings. The second-order valence-electron chi connectivity index (χ2n) is 27.7. The van der Waals surface area contributed by atoms with Crippen LogP contribution < -0.4 is 31.3 Å². The summed E-state index contributed by atoms with van der Waals surface area (Å²) >= 11 is 0. The first-order valence-corrected chi connectivity index (χ1v) is 28.0. The van der Waals surface area contributed by atoms with E-state index in [1.807, 2.05) is 0 Å². The van der Waals surface area contributed by atoms with Gasteiger partial charge in [0.1, 0.15) is 5.58 Å². The number of rotatable bonds is 5. The Morgan fingerprint density at radius 1 is 0.480 bits per heavy atom. The summed E-state index contributed by atoms with van der Waals surface area (Å²) in [4.78, 5) is 7.75. The Morgan fingerprint density at radius 3 is 1.53 bits per heavy atom. The molecular formula is C70H78BN3O. The Balaban J connectivity index is 1.26. The van der Waals surface area contributed by atoms with Gasteiger partial charge in [0.05, 0.1) is 17.0 Å². The predicted octanol–water partition coefficient (Wildman–Crippen LogP) is 17.9. The van der Waals surface area contributed by atoms with Gasteiger partial charge in [-0.25, -0.2) is 0 Å². The van der Waals surface area contributed by atoms with Gasteiger partial charge in [0.15, 0.2) is 0 Å². The average molecular weight is 988 g/mol. The Labute approximate surface area is 449 Å². The van der Waals surface area contributed by atoms with Crippen LogP contribution in [-0.2, 0) is 32.5 Å². The summed E-state index contributed by atoms with van der Waals surface area (Å²) < 4.78 is 7.76. The van der Waals surface area contributed by atoms with E-state index in [1.165, 1.54) is 77.9 Å². The maximum atomic E-state index is 7.76. The zero-order valence-corrected chi connectivity index (χ0v) is 47.9. The predicted molar refractivity (Wildman–Crippen MR) is 322 cm³/mol. The first-order valence-electron chi connectivity index (χ1n) is 28.0. The van der Waals surface area contributed by atoms with E-state index in [4.69, 9.17) is 4.42 Å². The van der Waals surface area contributed by atoms with Gasteiger partial charge in [-0.15, -0.1) is 0 Å². The molecule has 12 rings (SSSR count). The van der Waals surface area contributed by atoms with Crippen LogP contribution in [0.25, 0.3) is 11.0 Å². The van der Waals surface area contributed by atoms with E-state index in [2.05, 4.69) is 259 Å². The van der Waals surface area contributed by atoms with Gasteiger partial charge in [-0.1, -0.05) is 164 Å². The van der Waals surface area contributed by atoms with Crippen molar-refractivity contribution in [3.8, 4) is 0 Å². The lowest BCUT2D eigenvalue weighted by atomic mass is 9.35. The van der Waals surface area contributed by atoms with Crippen molar-refractivity contribution in [3.05, 3.63) is 178 Å². The maximum absolute atomic E-state index is 7.76. The van der Waals surface area contributed by atoms with Crippen molar-refractivity contribution in [1.29, 1.82) is 0 Å². The molecule has 0 N–H and O–H groups in total. The van der Waals surface area contributed by atoms with Crippen LogP contribution in [0, 0.1) is 13.8 Å². The highest BCUT2D eigenvalue weighted by Gasteiger charge is 2.49. The molecule has 0 bridgehead atoms. The summed E-state index contributed by atoms with van der Waals surface area (Å²) in [5, 5.41) is 1.19. The second kappa shape index (κ2) is 16.5. The lowest BCUT2D eigenvalue weighted by molar-refractivity contribution is 0.332. The highest BCUT2D eigenvalue weighted by Crippen LogP contribution is 2.55. The van der Waals surface area contributed by atoms with Crippen LogP contribution in [0.15, 0.2) is 138 Å². The third-order valence-electron chi connectivity index (χ3n) is 18.5. The van der Waals surface area contributed by atoms with Gasteiger partial charge >= 0.3 is 0 Å². The molecule has 5 heteroatoms. The smallest absolute Gasteiger partial charge is 0.297 e. The van der Waals surface area contributed by atoms with Crippen LogP contribution in [0.1, 0.15) is 167 Å². The number of nitrogens with zero attached hydrogens (tertiary/aromatic N) is 3. The monoisotopic (exact) mass is 988 g/mol. The first kappa shape index (κ1) is 49.4. The van der Waals surface area contributed by atoms with Crippen LogP contribution in [0.3, 0.4) is 0 Å². The zero-order valence-electron chi connectivity index (χ0n) is 47.9. The molecule has 8 aromatic rings. The number of hydrogen-bond acceptors (Lipinski definition) is 4. The van der Waals surface area contributed by atoms with E-state index in [1.54, 1.807) is 0 Å². The van der Waals surface area contributed by atoms with Crippen molar-refractivity contribution < 1.29 is 4.42 Å². The fourth-order valence-corrected chi connectivity index (χ4v) is 13.5. The van der Waals surface area contributed by atoms with E-state index in [9.17, 15) is 0 Å². The van der Waals surface area contributed by atoms with E-state index in [0.717, 1.165) is 71.1 Å². The molecule has 382 valence electrons. The minimum Gasteiger partial charge on any atom is -0.468 e. The quantitative estimate of drug-likeness (QED) is 0.160. The summed E-state index contributed by atoms with van der Waals surface area (Å²) in [7, 11) is 0. The van der Waals surface area contributed by atoms with E-state index in [-0.39, 0.29) is 39.2 Å². The first-order chi connectivity index (χ1) is 35.2. The molecule has 2 aliphatic carbocycles. The van der Waals surface area contributed by atoms with Crippen LogP contribution in [0.5, 0.6) is 0 Å². The standard InChI is InChI=1S/C70H78BN3O/c1-43-21-17-19-23-56(43)73(57-24-20-18-22-44(57)2)49-39-59-62-60(40-49)74(48-30-31-51-52(38-48)68(11,12)34-33-67(51,9)10)63-50-41-53-54(70(15,16)36-35-69(53,13)14)42-61(50)75-64(63)71(62)55-37-46(66(6,7)8)27-32-58(55)72(59)47-28-25-45(26-29-47)65(3,4)5/h17-32,37-42H,33-36H2,1-16H3. The maximum Gasteiger partial charge on any atom is 0.297 e. The average Bonchev–Trinajstić information content (AvgIpc) is 3.79. The van der Waals surface area contributed by atoms with E-state index >= 15 is 0 Å². The number of fused-ring (bicyclic) bond motifs is 8. The molecule has 0 saturated carbocycles. The molecular weight excluding hydrogens is 910 g/mol. The molecule has 0 saturated heterocycles. The molecule has 0 radical (unpaired) electrons. The van der Waals surface area contributed by atoms with Crippen LogP contribution in [0.2, 0.25) is 0 Å². The molecule has 75 heavy (non-hydrogen) atoms. The number of furan rings is 1. The van der Waals surface area contributed by atoms with Gasteiger partial charge in [0.2, 0.25) is 0 Å². The summed E-state index contributed by atoms with van der Waals surface area (Å²) in [6.07, 6.45) is 4.58. The minimum absolute atomic E-state index is 0.00121. The lowest BCUT2D eigenvalue weighted by Gasteiger charge is -2.45. The second-order valence-corrected chi connectivity index (χ2v) is 27.7. The Bertz CT molecular complexity index is 3580. The van der Waals surface area contributed by atoms with Crippen molar-refractivity contribution in [2.75, 3.05) is 14.7 Å². The lowest BCUT2D eigenvalue weighted by Crippen LogP contribution is -2.61. The van der Waals surface area contributed by atoms with Crippen molar-refractivity contribution in [3.63, 3.8) is 0 Å². The molecule has 0 spiro atoms. The van der Waals surface area contributed by atoms with Crippen molar-refractivity contribution in [1.82, 2.24) is 0 Å². The number of aryl methyl sites for hydroxylation is 2. The number of para-hydroxylation sites is 2. The van der Waals surface area contributed by atoms with E-state index < -0.39 is 0 Å². The minimum atomic E-state index is -0.193. The normalized spacial score (nSPS) is 17.7. The zero-order chi connectivity index (χ0) is 53.1. The van der Waals surface area contributed by atoms with Crippen molar-refractivity contribution in [2.45, 2.75) is 169 Å². The summed E-state index contributed by atoms with van der Waals surface area (Å²) in [6.45, 7) is 37.9. The fourth-order valence-electron chi connectivity index (χ4n) is 13.5. The summed E-state index contributed by atoms with van der Waals surface area (Å²) in [5.41, 5.74) is 25.8. The topological polar surface area (TPSA) is 22.9 Å². The molecule has 1 aromatic heterocycles. The SMILES string of the molecule is Cc1ccccc1N(c1cc2c3c(c1)N(c1ccc4c(c1)C(C)(C)CCC4(C)C)c1c(oc4cc5c(cc14)C(C)(C)CCC5(C)C)B3c1cc(C(C)(C)C)ccc1N2c1ccc(C(C)(C)C)cc1)c1ccccc1C. The molecule has 7 aromatic carbocycles. The van der Waals surface area contributed by atoms with Crippen molar-refractivity contribution >= 4 is 85.5 Å². The highest BCUT2D eigenvalue weighted by molar-refractivity contribution is 7.00. The van der Waals surface area contributed by atoms with Crippen LogP contribution >= 0.6 is 0 Å². The third-order valence-corrected chi connectivity index (χ3v) is 18.5. The Kier molecular flexibility index (Phi) is 10.9. The largest absolute Gasteiger partial charge is 0.468 e. The van der Waals surface area contributed by atoms with Gasteiger partial charge in [-0.3, -0.25) is 0 Å². The third kappa shape index (κ3) is 7.75. The number of hydrogen-bond donors (Lipinski definition) is 0. The Hall–Kier alpha value is -6.46. The molecule has 2 aliphatic heterocycles. The fraction of sp³-hybridized carbons (Fsp3) is 0.371. The molecule has 4 nitrogen and oxygen atoms in total. The molecule has 0 fully saturated rings. The highest BCUT2D eigenvalue weighted by atomic mass is 16.3. The Morgan fingerprint density at radius 2 is 0.973 bits per heavy atom. The van der Waals surface area contributed by atoms with Gasteiger partial charge < -0.3 is 19.1 Å². The van der Waals surface area contributed by atoms with E-state index in [0.29, 0.717) is 0 Å². The molecule has 0 amide bonds. The molecule has 0 unspecified atom stereocenters. The summed E-state index contributed by atoms with van der Waals surface area (Å²) in [5.74, 6) is 0. The van der Waals surface area contributed by atoms with Gasteiger partial charge in [-0.2, -0.15) is 0 Å². The number of anilines is 9.